The minimum Gasteiger partial charge on any atom is -0.508 e. The minimum atomic E-state index is -0.872. The third-order valence-electron chi connectivity index (χ3n) is 1.72. The van der Waals surface area contributed by atoms with Crippen LogP contribution in [0.15, 0.2) is 18.2 Å². The molecule has 5 nitrogen and oxygen atoms in total. The molecule has 0 aliphatic rings. The molecule has 0 bridgehead atoms. The molecule has 1 aromatic carbocycles. The van der Waals surface area contributed by atoms with Gasteiger partial charge in [0, 0.05) is 12.6 Å². The maximum atomic E-state index is 9.31. The van der Waals surface area contributed by atoms with Crippen LogP contribution in [0.4, 0.5) is 5.69 Å². The second-order valence-electron chi connectivity index (χ2n) is 2.92. The van der Waals surface area contributed by atoms with E-state index in [0.29, 0.717) is 5.69 Å². The molecule has 0 heterocycles. The molecule has 78 valence electrons. The first-order valence-corrected chi connectivity index (χ1v) is 4.18. The van der Waals surface area contributed by atoms with E-state index in [9.17, 15) is 5.11 Å². The Balaban J connectivity index is 2.59. The molecular weight excluding hydrogens is 186 g/mol. The van der Waals surface area contributed by atoms with Gasteiger partial charge in [-0.05, 0) is 12.1 Å². The van der Waals surface area contributed by atoms with Gasteiger partial charge in [-0.15, -0.1) is 0 Å². The van der Waals surface area contributed by atoms with Crippen LogP contribution >= 0.6 is 0 Å². The summed E-state index contributed by atoms with van der Waals surface area (Å²) in [7, 11) is 0. The summed E-state index contributed by atoms with van der Waals surface area (Å²) in [6, 6.07) is 4.08. The summed E-state index contributed by atoms with van der Waals surface area (Å²) in [5, 5.41) is 38.6. The number of nitrogens with one attached hydrogen (secondary N) is 1. The lowest BCUT2D eigenvalue weighted by Crippen LogP contribution is -2.22. The summed E-state index contributed by atoms with van der Waals surface area (Å²) < 4.78 is 0. The molecule has 0 aromatic heterocycles. The lowest BCUT2D eigenvalue weighted by atomic mass is 10.2. The topological polar surface area (TPSA) is 93.0 Å². The Hall–Kier alpha value is -1.46. The monoisotopic (exact) mass is 199 g/mol. The number of benzene rings is 1. The molecule has 1 aromatic rings. The van der Waals surface area contributed by atoms with Crippen LogP contribution in [0, 0.1) is 0 Å². The fraction of sp³-hybridized carbons (Fsp3) is 0.333. The lowest BCUT2D eigenvalue weighted by Gasteiger charge is -2.11. The molecule has 0 amide bonds. The molecule has 0 fully saturated rings. The van der Waals surface area contributed by atoms with Crippen molar-refractivity contribution in [1.82, 2.24) is 0 Å². The molecular formula is C9H13NO4. The van der Waals surface area contributed by atoms with Gasteiger partial charge in [-0.3, -0.25) is 0 Å². The Morgan fingerprint density at radius 1 is 1.29 bits per heavy atom. The second kappa shape index (κ2) is 4.69. The molecule has 0 saturated heterocycles. The average molecular weight is 199 g/mol. The van der Waals surface area contributed by atoms with Crippen LogP contribution < -0.4 is 5.32 Å². The molecule has 0 radical (unpaired) electrons. The summed E-state index contributed by atoms with van der Waals surface area (Å²) in [6.45, 7) is -0.208. The predicted octanol–water partition coefficient (Wildman–Crippen LogP) is -0.137. The zero-order valence-corrected chi connectivity index (χ0v) is 7.51. The predicted molar refractivity (Wildman–Crippen MR) is 51.4 cm³/mol. The number of phenolic OH excluding ortho intramolecular Hbond substituents is 2. The van der Waals surface area contributed by atoms with Gasteiger partial charge >= 0.3 is 0 Å². The summed E-state index contributed by atoms with van der Waals surface area (Å²) >= 11 is 0. The number of hydrogen-bond acceptors (Lipinski definition) is 5. The molecule has 5 N–H and O–H groups in total. The van der Waals surface area contributed by atoms with E-state index in [1.807, 2.05) is 0 Å². The van der Waals surface area contributed by atoms with E-state index < -0.39 is 6.10 Å². The molecule has 1 atom stereocenters. The van der Waals surface area contributed by atoms with Crippen LogP contribution in [0.3, 0.4) is 0 Å². The molecule has 5 heteroatoms. The van der Waals surface area contributed by atoms with Crippen molar-refractivity contribution in [2.24, 2.45) is 0 Å². The van der Waals surface area contributed by atoms with Gasteiger partial charge in [-0.2, -0.15) is 0 Å². The van der Waals surface area contributed by atoms with Gasteiger partial charge in [0.2, 0.25) is 0 Å². The summed E-state index contributed by atoms with van der Waals surface area (Å²) in [5.74, 6) is -0.133. The van der Waals surface area contributed by atoms with Gasteiger partial charge < -0.3 is 25.7 Å². The number of hydrogen-bond donors (Lipinski definition) is 5. The van der Waals surface area contributed by atoms with Gasteiger partial charge in [0.1, 0.15) is 11.5 Å². The fourth-order valence-corrected chi connectivity index (χ4v) is 0.962. The first-order chi connectivity index (χ1) is 6.63. The highest BCUT2D eigenvalue weighted by Crippen LogP contribution is 2.26. The molecule has 14 heavy (non-hydrogen) atoms. The molecule has 0 aliphatic heterocycles. The van der Waals surface area contributed by atoms with Crippen molar-refractivity contribution < 1.29 is 20.4 Å². The maximum Gasteiger partial charge on any atom is 0.142 e. The van der Waals surface area contributed by atoms with Crippen LogP contribution in [0.2, 0.25) is 0 Å². The van der Waals surface area contributed by atoms with Gasteiger partial charge in [-0.25, -0.2) is 0 Å². The molecule has 0 saturated carbocycles. The summed E-state index contributed by atoms with van der Waals surface area (Å²) in [5.41, 5.74) is 0.398. The fourth-order valence-electron chi connectivity index (χ4n) is 0.962. The summed E-state index contributed by atoms with van der Waals surface area (Å²) in [6.07, 6.45) is -0.872. The molecule has 0 spiro atoms. The highest BCUT2D eigenvalue weighted by Gasteiger charge is 2.04. The number of anilines is 1. The van der Waals surface area contributed by atoms with Crippen molar-refractivity contribution >= 4 is 5.69 Å². The van der Waals surface area contributed by atoms with Crippen LogP contribution in [-0.2, 0) is 0 Å². The normalized spacial score (nSPS) is 12.4. The zero-order chi connectivity index (χ0) is 10.6. The van der Waals surface area contributed by atoms with E-state index in [1.165, 1.54) is 18.2 Å². The number of aliphatic hydroxyl groups excluding tert-OH is 2. The summed E-state index contributed by atoms with van der Waals surface area (Å²) in [4.78, 5) is 0. The van der Waals surface area contributed by atoms with Crippen molar-refractivity contribution in [1.29, 1.82) is 0 Å². The quantitative estimate of drug-likeness (QED) is 0.344. The Morgan fingerprint density at radius 3 is 2.57 bits per heavy atom. The highest BCUT2D eigenvalue weighted by molar-refractivity contribution is 5.58. The number of aromatic hydroxyl groups is 2. The molecule has 1 unspecified atom stereocenters. The van der Waals surface area contributed by atoms with Crippen molar-refractivity contribution in [2.75, 3.05) is 18.5 Å². The Morgan fingerprint density at radius 2 is 2.00 bits per heavy atom. The smallest absolute Gasteiger partial charge is 0.142 e. The minimum absolute atomic E-state index is 0.0317. The average Bonchev–Trinajstić information content (AvgIpc) is 2.16. The van der Waals surface area contributed by atoms with Gasteiger partial charge in [0.25, 0.3) is 0 Å². The third-order valence-corrected chi connectivity index (χ3v) is 1.72. The highest BCUT2D eigenvalue weighted by atomic mass is 16.3. The Kier molecular flexibility index (Phi) is 3.55. The largest absolute Gasteiger partial charge is 0.508 e. The van der Waals surface area contributed by atoms with Crippen molar-refractivity contribution in [3.63, 3.8) is 0 Å². The Bertz CT molecular complexity index is 303. The van der Waals surface area contributed by atoms with E-state index in [0.717, 1.165) is 0 Å². The van der Waals surface area contributed by atoms with E-state index in [-0.39, 0.29) is 24.7 Å². The van der Waals surface area contributed by atoms with E-state index in [2.05, 4.69) is 5.32 Å². The van der Waals surface area contributed by atoms with Crippen LogP contribution in [0.1, 0.15) is 0 Å². The number of rotatable bonds is 4. The molecule has 0 aliphatic carbocycles. The van der Waals surface area contributed by atoms with Crippen molar-refractivity contribution in [3.05, 3.63) is 18.2 Å². The maximum absolute atomic E-state index is 9.31. The van der Waals surface area contributed by atoms with E-state index in [4.69, 9.17) is 15.3 Å². The third kappa shape index (κ3) is 2.79. The molecule has 1 rings (SSSR count). The first kappa shape index (κ1) is 10.6. The SMILES string of the molecule is OCC(O)CNc1ccc(O)cc1O. The number of phenols is 2. The van der Waals surface area contributed by atoms with Crippen molar-refractivity contribution in [2.45, 2.75) is 6.10 Å². The lowest BCUT2D eigenvalue weighted by molar-refractivity contribution is 0.105. The van der Waals surface area contributed by atoms with Crippen LogP contribution in [0.25, 0.3) is 0 Å². The second-order valence-corrected chi connectivity index (χ2v) is 2.92. The van der Waals surface area contributed by atoms with E-state index >= 15 is 0 Å². The van der Waals surface area contributed by atoms with Crippen LogP contribution in [0.5, 0.6) is 11.5 Å². The standard InChI is InChI=1S/C9H13NO4/c11-5-7(13)4-10-8-2-1-6(12)3-9(8)14/h1-3,7,10-14H,4-5H2. The van der Waals surface area contributed by atoms with Gasteiger partial charge in [-0.1, -0.05) is 0 Å². The van der Waals surface area contributed by atoms with Gasteiger partial charge in [0.15, 0.2) is 0 Å². The van der Waals surface area contributed by atoms with Crippen LogP contribution in [-0.4, -0.2) is 39.7 Å². The van der Waals surface area contributed by atoms with Crippen molar-refractivity contribution in [3.8, 4) is 11.5 Å². The number of aliphatic hydroxyl groups is 2. The first-order valence-electron chi connectivity index (χ1n) is 4.18. The zero-order valence-electron chi connectivity index (χ0n) is 7.51. The Labute approximate surface area is 81.3 Å². The van der Waals surface area contributed by atoms with E-state index in [1.54, 1.807) is 0 Å². The van der Waals surface area contributed by atoms with Gasteiger partial charge in [0.05, 0.1) is 18.4 Å².